The van der Waals surface area contributed by atoms with Crippen molar-refractivity contribution in [1.82, 2.24) is 0 Å². The van der Waals surface area contributed by atoms with Crippen molar-refractivity contribution in [1.29, 1.82) is 0 Å². The van der Waals surface area contributed by atoms with Crippen LogP contribution in [0.1, 0.15) is 43.6 Å². The zero-order valence-electron chi connectivity index (χ0n) is 11.0. The van der Waals surface area contributed by atoms with E-state index in [0.29, 0.717) is 12.5 Å². The minimum Gasteiger partial charge on any atom is -0.481 e. The van der Waals surface area contributed by atoms with E-state index in [1.165, 1.54) is 5.56 Å². The van der Waals surface area contributed by atoms with Crippen molar-refractivity contribution < 1.29 is 9.90 Å². The molecule has 0 aromatic heterocycles. The summed E-state index contributed by atoms with van der Waals surface area (Å²) in [6, 6.07) is 10.5. The van der Waals surface area contributed by atoms with E-state index in [-0.39, 0.29) is 24.2 Å². The number of carboxylic acid groups (broad SMARTS) is 1. The van der Waals surface area contributed by atoms with E-state index in [4.69, 9.17) is 10.8 Å². The second-order valence-electron chi connectivity index (χ2n) is 5.46. The highest BCUT2D eigenvalue weighted by atomic mass is 35.5. The summed E-state index contributed by atoms with van der Waals surface area (Å²) >= 11 is 0. The first-order valence-electron chi connectivity index (χ1n) is 6.62. The first kappa shape index (κ1) is 16.0. The molecule has 1 aromatic rings. The van der Waals surface area contributed by atoms with Crippen LogP contribution in [-0.4, -0.2) is 17.6 Å². The van der Waals surface area contributed by atoms with Gasteiger partial charge in [0.25, 0.3) is 0 Å². The van der Waals surface area contributed by atoms with Gasteiger partial charge in [-0.3, -0.25) is 4.79 Å². The Balaban J connectivity index is 0.00000180. The number of carbonyl (C=O) groups is 1. The normalized spacial score (nSPS) is 26.5. The number of carboxylic acids is 1. The first-order chi connectivity index (χ1) is 8.65. The number of halogens is 1. The van der Waals surface area contributed by atoms with E-state index < -0.39 is 5.97 Å². The lowest BCUT2D eigenvalue weighted by Crippen LogP contribution is -2.36. The first-order valence-corrected chi connectivity index (χ1v) is 6.62. The van der Waals surface area contributed by atoms with Crippen molar-refractivity contribution in [2.24, 2.45) is 11.1 Å². The van der Waals surface area contributed by atoms with Gasteiger partial charge in [0.15, 0.2) is 0 Å². The predicted molar refractivity (Wildman–Crippen MR) is 78.6 cm³/mol. The Bertz CT molecular complexity index is 400. The Labute approximate surface area is 120 Å². The van der Waals surface area contributed by atoms with Crippen molar-refractivity contribution in [3.05, 3.63) is 35.9 Å². The van der Waals surface area contributed by atoms with E-state index in [2.05, 4.69) is 24.3 Å². The van der Waals surface area contributed by atoms with Crippen LogP contribution >= 0.6 is 12.4 Å². The molecule has 1 fully saturated rings. The summed E-state index contributed by atoms with van der Waals surface area (Å²) in [5.74, 6) is -0.154. The zero-order chi connectivity index (χ0) is 13.0. The molecule has 3 nitrogen and oxygen atoms in total. The van der Waals surface area contributed by atoms with Gasteiger partial charge in [-0.2, -0.15) is 0 Å². The lowest BCUT2D eigenvalue weighted by molar-refractivity contribution is -0.140. The maximum absolute atomic E-state index is 10.9. The number of benzene rings is 1. The number of hydrogen-bond acceptors (Lipinski definition) is 2. The fourth-order valence-corrected chi connectivity index (χ4v) is 3.06. The maximum Gasteiger partial charge on any atom is 0.303 e. The summed E-state index contributed by atoms with van der Waals surface area (Å²) in [7, 11) is 0. The second-order valence-corrected chi connectivity index (χ2v) is 5.46. The van der Waals surface area contributed by atoms with Gasteiger partial charge >= 0.3 is 5.97 Å². The van der Waals surface area contributed by atoms with Gasteiger partial charge in [-0.15, -0.1) is 12.4 Å². The third kappa shape index (κ3) is 3.95. The van der Waals surface area contributed by atoms with Gasteiger partial charge < -0.3 is 10.8 Å². The summed E-state index contributed by atoms with van der Waals surface area (Å²) in [5.41, 5.74) is 7.01. The lowest BCUT2D eigenvalue weighted by atomic mass is 9.67. The van der Waals surface area contributed by atoms with Crippen molar-refractivity contribution in [3.8, 4) is 0 Å². The topological polar surface area (TPSA) is 63.3 Å². The third-order valence-electron chi connectivity index (χ3n) is 4.28. The molecule has 0 radical (unpaired) electrons. The van der Waals surface area contributed by atoms with Crippen molar-refractivity contribution in [2.45, 2.75) is 38.0 Å². The third-order valence-corrected chi connectivity index (χ3v) is 4.28. The van der Waals surface area contributed by atoms with Crippen LogP contribution in [0.5, 0.6) is 0 Å². The number of aliphatic carboxylic acids is 1. The average Bonchev–Trinajstić information content (AvgIpc) is 2.40. The van der Waals surface area contributed by atoms with E-state index in [1.807, 2.05) is 6.07 Å². The minimum atomic E-state index is -0.724. The van der Waals surface area contributed by atoms with E-state index in [9.17, 15) is 4.79 Å². The predicted octanol–water partition coefficient (Wildman–Crippen LogP) is 3.19. The van der Waals surface area contributed by atoms with E-state index >= 15 is 0 Å². The minimum absolute atomic E-state index is 0. The van der Waals surface area contributed by atoms with Crippen LogP contribution in [0.4, 0.5) is 0 Å². The molecule has 0 aliphatic heterocycles. The van der Waals surface area contributed by atoms with Gasteiger partial charge in [0.1, 0.15) is 0 Å². The van der Waals surface area contributed by atoms with Gasteiger partial charge in [0, 0.05) is 0 Å². The number of hydrogen-bond donors (Lipinski definition) is 2. The zero-order valence-corrected chi connectivity index (χ0v) is 11.9. The Hall–Kier alpha value is -1.06. The monoisotopic (exact) mass is 283 g/mol. The molecule has 0 saturated heterocycles. The van der Waals surface area contributed by atoms with E-state index in [1.54, 1.807) is 0 Å². The molecule has 0 heterocycles. The van der Waals surface area contributed by atoms with Crippen LogP contribution in [0.15, 0.2) is 30.3 Å². The number of nitrogens with two attached hydrogens (primary N) is 1. The molecule has 0 bridgehead atoms. The standard InChI is InChI=1S/C15H21NO2.ClH/c16-11-15(10-14(17)18)8-6-13(7-9-15)12-4-2-1-3-5-12;/h1-5,13H,6-11,16H2,(H,17,18);1H. The highest BCUT2D eigenvalue weighted by Crippen LogP contribution is 2.44. The molecule has 0 atom stereocenters. The molecule has 3 N–H and O–H groups in total. The molecule has 106 valence electrons. The summed E-state index contributed by atoms with van der Waals surface area (Å²) in [4.78, 5) is 10.9. The van der Waals surface area contributed by atoms with Crippen molar-refractivity contribution in [2.75, 3.05) is 6.54 Å². The quantitative estimate of drug-likeness (QED) is 0.892. The molecule has 1 aromatic carbocycles. The molecule has 1 saturated carbocycles. The Kier molecular flexibility index (Phi) is 5.83. The van der Waals surface area contributed by atoms with Gasteiger partial charge in [0.2, 0.25) is 0 Å². The Morgan fingerprint density at radius 2 is 1.84 bits per heavy atom. The summed E-state index contributed by atoms with van der Waals surface area (Å²) in [6.07, 6.45) is 4.17. The average molecular weight is 284 g/mol. The molecule has 2 rings (SSSR count). The molecule has 0 amide bonds. The lowest BCUT2D eigenvalue weighted by Gasteiger charge is -2.38. The smallest absolute Gasteiger partial charge is 0.303 e. The highest BCUT2D eigenvalue weighted by Gasteiger charge is 2.36. The van der Waals surface area contributed by atoms with Crippen LogP contribution in [0.2, 0.25) is 0 Å². The maximum atomic E-state index is 10.9. The van der Waals surface area contributed by atoms with Crippen LogP contribution in [0, 0.1) is 5.41 Å². The molecule has 19 heavy (non-hydrogen) atoms. The highest BCUT2D eigenvalue weighted by molar-refractivity contribution is 5.85. The fraction of sp³-hybridized carbons (Fsp3) is 0.533. The molecule has 4 heteroatoms. The molecular formula is C15H22ClNO2. The summed E-state index contributed by atoms with van der Waals surface area (Å²) < 4.78 is 0. The number of rotatable bonds is 4. The van der Waals surface area contributed by atoms with Gasteiger partial charge in [-0.1, -0.05) is 30.3 Å². The van der Waals surface area contributed by atoms with Gasteiger partial charge in [0.05, 0.1) is 6.42 Å². The molecule has 0 spiro atoms. The molecule has 1 aliphatic carbocycles. The van der Waals surface area contributed by atoms with Crippen LogP contribution in [0.25, 0.3) is 0 Å². The van der Waals surface area contributed by atoms with Crippen molar-refractivity contribution >= 4 is 18.4 Å². The Morgan fingerprint density at radius 3 is 2.32 bits per heavy atom. The summed E-state index contributed by atoms with van der Waals surface area (Å²) in [5, 5.41) is 8.99. The van der Waals surface area contributed by atoms with Crippen molar-refractivity contribution in [3.63, 3.8) is 0 Å². The van der Waals surface area contributed by atoms with Crippen LogP contribution in [0.3, 0.4) is 0 Å². The second kappa shape index (κ2) is 6.92. The summed E-state index contributed by atoms with van der Waals surface area (Å²) in [6.45, 7) is 0.487. The SMILES string of the molecule is Cl.NCC1(CC(=O)O)CCC(c2ccccc2)CC1. The van der Waals surface area contributed by atoms with Gasteiger partial charge in [-0.05, 0) is 49.1 Å². The molecule has 1 aliphatic rings. The largest absolute Gasteiger partial charge is 0.481 e. The molecule has 0 unspecified atom stereocenters. The fourth-order valence-electron chi connectivity index (χ4n) is 3.06. The molecular weight excluding hydrogens is 262 g/mol. The van der Waals surface area contributed by atoms with E-state index in [0.717, 1.165) is 25.7 Å². The Morgan fingerprint density at radius 1 is 1.26 bits per heavy atom. The van der Waals surface area contributed by atoms with Crippen LogP contribution < -0.4 is 5.73 Å². The van der Waals surface area contributed by atoms with Crippen LogP contribution in [-0.2, 0) is 4.79 Å². The van der Waals surface area contributed by atoms with Gasteiger partial charge in [-0.25, -0.2) is 0 Å².